The molecule has 0 aliphatic carbocycles. The van der Waals surface area contributed by atoms with E-state index in [1.165, 1.54) is 11.9 Å². The zero-order valence-electron chi connectivity index (χ0n) is 10.6. The summed E-state index contributed by atoms with van der Waals surface area (Å²) in [4.78, 5) is 1.33. The second-order valence-corrected chi connectivity index (χ2v) is 4.12. The molecule has 0 saturated heterocycles. The van der Waals surface area contributed by atoms with Crippen molar-refractivity contribution in [3.63, 3.8) is 0 Å². The van der Waals surface area contributed by atoms with Gasteiger partial charge in [0.15, 0.2) is 11.6 Å². The van der Waals surface area contributed by atoms with Gasteiger partial charge in [-0.3, -0.25) is 0 Å². The minimum atomic E-state index is -0.812. The SMILES string of the molecule is CN(c1ccc(C#N)cc1)c1c(F)cc(C#N)cc1F. The molecule has 0 radical (unpaired) electrons. The van der Waals surface area contributed by atoms with E-state index < -0.39 is 11.6 Å². The number of halogens is 2. The van der Waals surface area contributed by atoms with Crippen LogP contribution in [0, 0.1) is 34.3 Å². The summed E-state index contributed by atoms with van der Waals surface area (Å²) in [6.07, 6.45) is 0. The topological polar surface area (TPSA) is 50.8 Å². The van der Waals surface area contributed by atoms with Crippen LogP contribution in [0.2, 0.25) is 0 Å². The Bertz CT molecular complexity index is 701. The van der Waals surface area contributed by atoms with Crippen molar-refractivity contribution in [3.8, 4) is 12.1 Å². The zero-order valence-corrected chi connectivity index (χ0v) is 10.6. The molecule has 0 saturated carbocycles. The summed E-state index contributed by atoms with van der Waals surface area (Å²) in [7, 11) is 1.51. The number of benzene rings is 2. The number of nitrogens with zero attached hydrogens (tertiary/aromatic N) is 3. The molecule has 0 atom stereocenters. The van der Waals surface area contributed by atoms with Crippen molar-refractivity contribution in [2.75, 3.05) is 11.9 Å². The van der Waals surface area contributed by atoms with Crippen LogP contribution in [0.3, 0.4) is 0 Å². The molecular formula is C15H9F2N3. The highest BCUT2D eigenvalue weighted by Crippen LogP contribution is 2.29. The highest BCUT2D eigenvalue weighted by molar-refractivity contribution is 5.65. The van der Waals surface area contributed by atoms with Crippen molar-refractivity contribution in [2.45, 2.75) is 0 Å². The van der Waals surface area contributed by atoms with Crippen LogP contribution in [-0.2, 0) is 0 Å². The van der Waals surface area contributed by atoms with Gasteiger partial charge in [0.1, 0.15) is 5.69 Å². The zero-order chi connectivity index (χ0) is 14.7. The molecule has 0 spiro atoms. The quantitative estimate of drug-likeness (QED) is 0.838. The van der Waals surface area contributed by atoms with Crippen molar-refractivity contribution in [2.24, 2.45) is 0 Å². The molecule has 2 rings (SSSR count). The van der Waals surface area contributed by atoms with Gasteiger partial charge in [-0.05, 0) is 36.4 Å². The average molecular weight is 269 g/mol. The molecule has 0 fully saturated rings. The Labute approximate surface area is 114 Å². The second-order valence-electron chi connectivity index (χ2n) is 4.12. The maximum Gasteiger partial charge on any atom is 0.151 e. The molecule has 20 heavy (non-hydrogen) atoms. The van der Waals surface area contributed by atoms with Gasteiger partial charge in [0.2, 0.25) is 0 Å². The van der Waals surface area contributed by atoms with Crippen molar-refractivity contribution < 1.29 is 8.78 Å². The predicted molar refractivity (Wildman–Crippen MR) is 70.3 cm³/mol. The molecule has 0 amide bonds. The first-order chi connectivity index (χ1) is 9.56. The maximum atomic E-state index is 13.9. The van der Waals surface area contributed by atoms with E-state index in [2.05, 4.69) is 0 Å². The van der Waals surface area contributed by atoms with E-state index >= 15 is 0 Å². The third-order valence-electron chi connectivity index (χ3n) is 2.87. The molecule has 2 aromatic rings. The maximum absolute atomic E-state index is 13.9. The average Bonchev–Trinajstić information content (AvgIpc) is 2.46. The first-order valence-corrected chi connectivity index (χ1v) is 5.70. The molecule has 0 N–H and O–H groups in total. The number of rotatable bonds is 2. The number of anilines is 2. The third kappa shape index (κ3) is 2.43. The number of hydrogen-bond acceptors (Lipinski definition) is 3. The molecule has 2 aromatic carbocycles. The molecule has 0 unspecified atom stereocenters. The summed E-state index contributed by atoms with van der Waals surface area (Å²) in [5.41, 5.74) is 0.681. The number of nitriles is 2. The Kier molecular flexibility index (Phi) is 3.63. The summed E-state index contributed by atoms with van der Waals surface area (Å²) in [5, 5.41) is 17.4. The Morgan fingerprint density at radius 1 is 0.900 bits per heavy atom. The highest BCUT2D eigenvalue weighted by atomic mass is 19.1. The second kappa shape index (κ2) is 5.38. The van der Waals surface area contributed by atoms with E-state index in [4.69, 9.17) is 10.5 Å². The summed E-state index contributed by atoms with van der Waals surface area (Å²) < 4.78 is 27.8. The molecule has 3 nitrogen and oxygen atoms in total. The third-order valence-corrected chi connectivity index (χ3v) is 2.87. The van der Waals surface area contributed by atoms with Crippen LogP contribution >= 0.6 is 0 Å². The normalized spacial score (nSPS) is 9.65. The van der Waals surface area contributed by atoms with Gasteiger partial charge in [0.05, 0.1) is 23.3 Å². The lowest BCUT2D eigenvalue weighted by molar-refractivity contribution is 0.583. The molecule has 0 aromatic heterocycles. The summed E-state index contributed by atoms with van der Waals surface area (Å²) in [5.74, 6) is -1.62. The lowest BCUT2D eigenvalue weighted by atomic mass is 10.1. The largest absolute Gasteiger partial charge is 0.340 e. The molecule has 0 heterocycles. The van der Waals surface area contributed by atoms with Crippen LogP contribution in [0.1, 0.15) is 11.1 Å². The fourth-order valence-electron chi connectivity index (χ4n) is 1.84. The van der Waals surface area contributed by atoms with E-state index in [0.717, 1.165) is 12.1 Å². The number of hydrogen-bond donors (Lipinski definition) is 0. The lowest BCUT2D eigenvalue weighted by Crippen LogP contribution is -2.13. The Morgan fingerprint density at radius 2 is 1.40 bits per heavy atom. The Hall–Kier alpha value is -2.92. The van der Waals surface area contributed by atoms with Crippen LogP contribution < -0.4 is 4.90 Å². The lowest BCUT2D eigenvalue weighted by Gasteiger charge is -2.20. The summed E-state index contributed by atoms with van der Waals surface area (Å²) >= 11 is 0. The Balaban J connectivity index is 2.45. The van der Waals surface area contributed by atoms with E-state index in [1.807, 2.05) is 6.07 Å². The molecule has 98 valence electrons. The van der Waals surface area contributed by atoms with Gasteiger partial charge < -0.3 is 4.90 Å². The predicted octanol–water partition coefficient (Wildman–Crippen LogP) is 3.48. The first-order valence-electron chi connectivity index (χ1n) is 5.70. The minimum absolute atomic E-state index is 0.0722. The van der Waals surface area contributed by atoms with E-state index in [0.29, 0.717) is 11.3 Å². The van der Waals surface area contributed by atoms with E-state index in [9.17, 15) is 8.78 Å². The van der Waals surface area contributed by atoms with E-state index in [1.54, 1.807) is 30.3 Å². The van der Waals surface area contributed by atoms with Crippen LogP contribution in [0.5, 0.6) is 0 Å². The van der Waals surface area contributed by atoms with Gasteiger partial charge in [-0.2, -0.15) is 10.5 Å². The first kappa shape index (κ1) is 13.5. The smallest absolute Gasteiger partial charge is 0.151 e. The van der Waals surface area contributed by atoms with Gasteiger partial charge in [-0.15, -0.1) is 0 Å². The van der Waals surface area contributed by atoms with Crippen molar-refractivity contribution in [3.05, 3.63) is 59.2 Å². The fraction of sp³-hybridized carbons (Fsp3) is 0.0667. The van der Waals surface area contributed by atoms with Crippen molar-refractivity contribution in [1.29, 1.82) is 10.5 Å². The van der Waals surface area contributed by atoms with Crippen LogP contribution in [0.15, 0.2) is 36.4 Å². The van der Waals surface area contributed by atoms with Crippen molar-refractivity contribution in [1.82, 2.24) is 0 Å². The summed E-state index contributed by atoms with van der Waals surface area (Å²) in [6, 6.07) is 11.9. The molecule has 0 aliphatic rings. The molecular weight excluding hydrogens is 260 g/mol. The van der Waals surface area contributed by atoms with Gasteiger partial charge >= 0.3 is 0 Å². The highest BCUT2D eigenvalue weighted by Gasteiger charge is 2.16. The van der Waals surface area contributed by atoms with Crippen LogP contribution in [0.4, 0.5) is 20.2 Å². The molecule has 5 heteroatoms. The fourth-order valence-corrected chi connectivity index (χ4v) is 1.84. The minimum Gasteiger partial charge on any atom is -0.340 e. The van der Waals surface area contributed by atoms with Crippen LogP contribution in [-0.4, -0.2) is 7.05 Å². The monoisotopic (exact) mass is 269 g/mol. The molecule has 0 aliphatic heterocycles. The summed E-state index contributed by atoms with van der Waals surface area (Å²) in [6.45, 7) is 0. The molecule has 0 bridgehead atoms. The Morgan fingerprint density at radius 3 is 1.85 bits per heavy atom. The van der Waals surface area contributed by atoms with Crippen LogP contribution in [0.25, 0.3) is 0 Å². The van der Waals surface area contributed by atoms with Crippen molar-refractivity contribution >= 4 is 11.4 Å². The van der Waals surface area contributed by atoms with Gasteiger partial charge in [0.25, 0.3) is 0 Å². The van der Waals surface area contributed by atoms with Gasteiger partial charge in [0, 0.05) is 12.7 Å². The van der Waals surface area contributed by atoms with Gasteiger partial charge in [-0.25, -0.2) is 8.78 Å². The standard InChI is InChI=1S/C15H9F2N3/c1-20(12-4-2-10(8-18)3-5-12)15-13(16)6-11(9-19)7-14(15)17/h2-7H,1H3. The van der Waals surface area contributed by atoms with Gasteiger partial charge in [-0.1, -0.05) is 0 Å². The van der Waals surface area contributed by atoms with E-state index in [-0.39, 0.29) is 11.3 Å².